The Balaban J connectivity index is 2.27. The maximum absolute atomic E-state index is 12.9. The second kappa shape index (κ2) is 6.98. The van der Waals surface area contributed by atoms with Gasteiger partial charge in [0.25, 0.3) is 0 Å². The fraction of sp³-hybridized carbons (Fsp3) is 0.227. The summed E-state index contributed by atoms with van der Waals surface area (Å²) >= 11 is 0. The number of benzene rings is 2. The molecule has 0 heterocycles. The monoisotopic (exact) mass is 333 g/mol. The van der Waals surface area contributed by atoms with E-state index in [0.29, 0.717) is 0 Å². The van der Waals surface area contributed by atoms with Gasteiger partial charge in [-0.05, 0) is 48.6 Å². The summed E-state index contributed by atoms with van der Waals surface area (Å²) in [6, 6.07) is 15.6. The normalized spacial score (nSPS) is 16.0. The van der Waals surface area contributed by atoms with Gasteiger partial charge in [-0.25, -0.2) is 0 Å². The first-order valence-corrected chi connectivity index (χ1v) is 8.48. The topological polar surface area (TPSA) is 52.3 Å². The number of nitrogens with two attached hydrogens (primary N) is 1. The third-order valence-electron chi connectivity index (χ3n) is 4.81. The molecule has 128 valence electrons. The summed E-state index contributed by atoms with van der Waals surface area (Å²) in [7, 11) is 1.63. The van der Waals surface area contributed by atoms with Crippen molar-refractivity contribution in [1.29, 1.82) is 0 Å². The van der Waals surface area contributed by atoms with Gasteiger partial charge in [0.1, 0.15) is 11.2 Å². The highest BCUT2D eigenvalue weighted by Gasteiger charge is 2.43. The summed E-state index contributed by atoms with van der Waals surface area (Å²) in [5.41, 5.74) is 8.83. The number of methoxy groups -OCH3 is 1. The van der Waals surface area contributed by atoms with Crippen LogP contribution in [0.4, 0.5) is 0 Å². The third kappa shape index (κ3) is 2.98. The van der Waals surface area contributed by atoms with E-state index in [9.17, 15) is 4.79 Å². The summed E-state index contributed by atoms with van der Waals surface area (Å²) in [4.78, 5) is 12.9. The molecule has 1 aliphatic carbocycles. The van der Waals surface area contributed by atoms with Crippen LogP contribution in [0.3, 0.4) is 0 Å². The van der Waals surface area contributed by atoms with Crippen molar-refractivity contribution in [3.05, 3.63) is 89.0 Å². The van der Waals surface area contributed by atoms with Crippen molar-refractivity contribution in [3.63, 3.8) is 0 Å². The van der Waals surface area contributed by atoms with Gasteiger partial charge >= 0.3 is 0 Å². The van der Waals surface area contributed by atoms with Crippen molar-refractivity contribution >= 4 is 5.91 Å². The SMILES string of the molecule is COc1ccc(C(C(N)=O)(C2=CCCC=C2)c2ccc(C)cc2)cc1. The molecule has 2 aromatic rings. The molecule has 0 radical (unpaired) electrons. The zero-order valence-corrected chi connectivity index (χ0v) is 14.7. The molecule has 25 heavy (non-hydrogen) atoms. The standard InChI is InChI=1S/C22H23NO2/c1-16-8-10-18(11-9-16)22(21(23)24,17-6-4-3-5-7-17)19-12-14-20(25-2)15-13-19/h4,6-15H,3,5H2,1-2H3,(H2,23,24). The van der Waals surface area contributed by atoms with Crippen LogP contribution < -0.4 is 10.5 Å². The molecule has 0 spiro atoms. The third-order valence-corrected chi connectivity index (χ3v) is 4.81. The number of hydrogen-bond donors (Lipinski definition) is 1. The summed E-state index contributed by atoms with van der Waals surface area (Å²) in [5.74, 6) is 0.374. The Hall–Kier alpha value is -2.81. The molecule has 0 aromatic heterocycles. The molecule has 0 bridgehead atoms. The Kier molecular flexibility index (Phi) is 4.75. The maximum Gasteiger partial charge on any atom is 0.237 e. The van der Waals surface area contributed by atoms with Crippen LogP contribution in [-0.4, -0.2) is 13.0 Å². The molecule has 2 aromatic carbocycles. The van der Waals surface area contributed by atoms with E-state index in [-0.39, 0.29) is 5.91 Å². The van der Waals surface area contributed by atoms with Crippen LogP contribution in [0.1, 0.15) is 29.5 Å². The van der Waals surface area contributed by atoms with Crippen molar-refractivity contribution < 1.29 is 9.53 Å². The van der Waals surface area contributed by atoms with Crippen LogP contribution in [0.15, 0.2) is 72.3 Å². The zero-order chi connectivity index (χ0) is 17.9. The number of ether oxygens (including phenoxy) is 1. The van der Waals surface area contributed by atoms with Gasteiger partial charge in [0.05, 0.1) is 7.11 Å². The largest absolute Gasteiger partial charge is 0.497 e. The zero-order valence-electron chi connectivity index (χ0n) is 14.7. The Morgan fingerprint density at radius 3 is 2.08 bits per heavy atom. The number of carbonyl (C=O) groups is 1. The number of hydrogen-bond acceptors (Lipinski definition) is 2. The number of carbonyl (C=O) groups excluding carboxylic acids is 1. The van der Waals surface area contributed by atoms with E-state index in [4.69, 9.17) is 10.5 Å². The fourth-order valence-electron chi connectivity index (χ4n) is 3.46. The molecule has 1 aliphatic rings. The van der Waals surface area contributed by atoms with Crippen molar-refractivity contribution in [2.45, 2.75) is 25.2 Å². The van der Waals surface area contributed by atoms with Gasteiger partial charge in [0.2, 0.25) is 5.91 Å². The molecule has 2 N–H and O–H groups in total. The highest BCUT2D eigenvalue weighted by atomic mass is 16.5. The molecular weight excluding hydrogens is 310 g/mol. The number of rotatable bonds is 5. The Morgan fingerprint density at radius 1 is 1.00 bits per heavy atom. The Bertz CT molecular complexity index is 816. The average molecular weight is 333 g/mol. The summed E-state index contributed by atoms with van der Waals surface area (Å²) in [6.45, 7) is 2.03. The van der Waals surface area contributed by atoms with Crippen LogP contribution in [0.2, 0.25) is 0 Å². The molecule has 0 saturated carbocycles. The minimum absolute atomic E-state index is 0.376. The lowest BCUT2D eigenvalue weighted by Gasteiger charge is -2.34. The van der Waals surface area contributed by atoms with Gasteiger partial charge in [0, 0.05) is 0 Å². The van der Waals surface area contributed by atoms with E-state index in [1.165, 1.54) is 0 Å². The second-order valence-electron chi connectivity index (χ2n) is 6.35. The molecule has 0 aliphatic heterocycles. The van der Waals surface area contributed by atoms with Crippen LogP contribution in [0, 0.1) is 6.92 Å². The summed E-state index contributed by atoms with van der Waals surface area (Å²) < 4.78 is 5.26. The minimum atomic E-state index is -1.00. The molecule has 1 amide bonds. The van der Waals surface area contributed by atoms with Crippen LogP contribution in [0.5, 0.6) is 5.75 Å². The molecule has 1 atom stereocenters. The van der Waals surface area contributed by atoms with E-state index in [1.54, 1.807) is 7.11 Å². The number of allylic oxidation sites excluding steroid dienone is 3. The average Bonchev–Trinajstić information content (AvgIpc) is 2.65. The minimum Gasteiger partial charge on any atom is -0.497 e. The maximum atomic E-state index is 12.9. The molecule has 3 nitrogen and oxygen atoms in total. The summed E-state index contributed by atoms with van der Waals surface area (Å²) in [6.07, 6.45) is 8.13. The predicted molar refractivity (Wildman–Crippen MR) is 101 cm³/mol. The van der Waals surface area contributed by atoms with E-state index in [0.717, 1.165) is 40.9 Å². The predicted octanol–water partition coefficient (Wildman–Crippen LogP) is 4.05. The van der Waals surface area contributed by atoms with Crippen LogP contribution >= 0.6 is 0 Å². The lowest BCUT2D eigenvalue weighted by Crippen LogP contribution is -2.44. The van der Waals surface area contributed by atoms with E-state index < -0.39 is 5.41 Å². The fourth-order valence-corrected chi connectivity index (χ4v) is 3.46. The first kappa shape index (κ1) is 17.0. The van der Waals surface area contributed by atoms with E-state index >= 15 is 0 Å². The number of primary amides is 1. The van der Waals surface area contributed by atoms with Gasteiger partial charge in [-0.1, -0.05) is 60.2 Å². The van der Waals surface area contributed by atoms with Gasteiger partial charge in [0.15, 0.2) is 0 Å². The highest BCUT2D eigenvalue weighted by molar-refractivity contribution is 5.95. The molecule has 3 rings (SSSR count). The smallest absolute Gasteiger partial charge is 0.237 e. The lowest BCUT2D eigenvalue weighted by molar-refractivity contribution is -0.121. The lowest BCUT2D eigenvalue weighted by atomic mass is 9.67. The van der Waals surface area contributed by atoms with E-state index in [2.05, 4.69) is 12.2 Å². The van der Waals surface area contributed by atoms with E-state index in [1.807, 2.05) is 61.5 Å². The highest BCUT2D eigenvalue weighted by Crippen LogP contribution is 2.41. The van der Waals surface area contributed by atoms with Crippen molar-refractivity contribution in [2.75, 3.05) is 7.11 Å². The molecule has 0 fully saturated rings. The number of aryl methyl sites for hydroxylation is 1. The van der Waals surface area contributed by atoms with Crippen molar-refractivity contribution in [3.8, 4) is 5.75 Å². The Labute approximate surface area is 148 Å². The quantitative estimate of drug-likeness (QED) is 0.897. The first-order chi connectivity index (χ1) is 12.1. The van der Waals surface area contributed by atoms with Crippen molar-refractivity contribution in [2.24, 2.45) is 5.73 Å². The van der Waals surface area contributed by atoms with Crippen LogP contribution in [-0.2, 0) is 10.2 Å². The van der Waals surface area contributed by atoms with Gasteiger partial charge < -0.3 is 10.5 Å². The molecular formula is C22H23NO2. The van der Waals surface area contributed by atoms with Gasteiger partial charge in [-0.2, -0.15) is 0 Å². The second-order valence-corrected chi connectivity index (χ2v) is 6.35. The van der Waals surface area contributed by atoms with Crippen molar-refractivity contribution in [1.82, 2.24) is 0 Å². The van der Waals surface area contributed by atoms with Gasteiger partial charge in [-0.3, -0.25) is 4.79 Å². The molecule has 0 saturated heterocycles. The molecule has 1 unspecified atom stereocenters. The first-order valence-electron chi connectivity index (χ1n) is 8.48. The summed E-state index contributed by atoms with van der Waals surface area (Å²) in [5, 5.41) is 0. The van der Waals surface area contributed by atoms with Gasteiger partial charge in [-0.15, -0.1) is 0 Å². The van der Waals surface area contributed by atoms with Crippen LogP contribution in [0.25, 0.3) is 0 Å². The Morgan fingerprint density at radius 2 is 1.60 bits per heavy atom. The molecule has 3 heteroatoms. The number of amides is 1.